The number of halogens is 2. The van der Waals surface area contributed by atoms with E-state index in [9.17, 15) is 8.78 Å². The summed E-state index contributed by atoms with van der Waals surface area (Å²) in [6, 6.07) is 0.0404. The molecule has 96 valence electrons. The molecule has 0 amide bonds. The number of hydrogen-bond donors (Lipinski definition) is 1. The van der Waals surface area contributed by atoms with Crippen LogP contribution >= 0.6 is 11.3 Å². The number of aromatic nitrogens is 1. The third kappa shape index (κ3) is 2.81. The molecule has 0 saturated carbocycles. The first-order chi connectivity index (χ1) is 8.03. The largest absolute Gasteiger partial charge is 0.329 e. The average Bonchev–Trinajstić information content (AvgIpc) is 2.69. The Hall–Kier alpha value is -0.590. The zero-order valence-electron chi connectivity index (χ0n) is 9.83. The van der Waals surface area contributed by atoms with Gasteiger partial charge in [-0.05, 0) is 6.92 Å². The predicted octanol–water partition coefficient (Wildman–Crippen LogP) is 2.18. The van der Waals surface area contributed by atoms with Crippen molar-refractivity contribution in [3.8, 4) is 0 Å². The lowest BCUT2D eigenvalue weighted by molar-refractivity contribution is -0.0625. The lowest BCUT2D eigenvalue weighted by Crippen LogP contribution is -2.43. The molecule has 2 N–H and O–H groups in total. The summed E-state index contributed by atoms with van der Waals surface area (Å²) in [7, 11) is 0. The van der Waals surface area contributed by atoms with Gasteiger partial charge < -0.3 is 5.73 Å². The van der Waals surface area contributed by atoms with Crippen LogP contribution in [-0.4, -0.2) is 35.4 Å². The Bertz CT molecular complexity index is 371. The second-order valence-corrected chi connectivity index (χ2v) is 5.33. The van der Waals surface area contributed by atoms with Gasteiger partial charge in [-0.15, -0.1) is 11.3 Å². The van der Waals surface area contributed by atoms with E-state index in [0.29, 0.717) is 19.6 Å². The molecule has 1 saturated heterocycles. The maximum Gasteiger partial charge on any atom is 0.250 e. The summed E-state index contributed by atoms with van der Waals surface area (Å²) in [5, 5.41) is 0. The van der Waals surface area contributed by atoms with E-state index in [1.807, 2.05) is 6.92 Å². The molecule has 2 rings (SSSR count). The van der Waals surface area contributed by atoms with Crippen LogP contribution in [0, 0.1) is 6.92 Å². The predicted molar refractivity (Wildman–Crippen MR) is 64.4 cm³/mol. The van der Waals surface area contributed by atoms with Crippen LogP contribution in [0.15, 0.2) is 5.51 Å². The number of alkyl halides is 2. The maximum absolute atomic E-state index is 13.1. The maximum atomic E-state index is 13.1. The van der Waals surface area contributed by atoms with Crippen molar-refractivity contribution < 1.29 is 8.78 Å². The van der Waals surface area contributed by atoms with Crippen LogP contribution in [0.5, 0.6) is 0 Å². The van der Waals surface area contributed by atoms with Crippen molar-refractivity contribution in [1.82, 2.24) is 9.88 Å². The molecule has 1 unspecified atom stereocenters. The topological polar surface area (TPSA) is 42.1 Å². The fourth-order valence-electron chi connectivity index (χ4n) is 2.22. The Morgan fingerprint density at radius 1 is 1.53 bits per heavy atom. The molecule has 0 aliphatic carbocycles. The molecule has 2 heterocycles. The Morgan fingerprint density at radius 2 is 2.18 bits per heavy atom. The normalized spacial score (nSPS) is 22.6. The van der Waals surface area contributed by atoms with E-state index in [-0.39, 0.29) is 18.9 Å². The number of aryl methyl sites for hydroxylation is 1. The molecule has 6 heteroatoms. The van der Waals surface area contributed by atoms with Gasteiger partial charge in [0.1, 0.15) is 0 Å². The first kappa shape index (κ1) is 12.9. The van der Waals surface area contributed by atoms with E-state index < -0.39 is 5.92 Å². The molecular formula is C11H17F2N3S. The highest BCUT2D eigenvalue weighted by Gasteiger charge is 2.36. The zero-order valence-corrected chi connectivity index (χ0v) is 10.6. The molecule has 0 aromatic carbocycles. The molecule has 1 aromatic heterocycles. The Labute approximate surface area is 104 Å². The van der Waals surface area contributed by atoms with Gasteiger partial charge in [0.2, 0.25) is 0 Å². The summed E-state index contributed by atoms with van der Waals surface area (Å²) in [5.74, 6) is -2.50. The Morgan fingerprint density at radius 3 is 2.65 bits per heavy atom. The summed E-state index contributed by atoms with van der Waals surface area (Å²) < 4.78 is 26.2. The van der Waals surface area contributed by atoms with Crippen LogP contribution in [0.4, 0.5) is 8.78 Å². The summed E-state index contributed by atoms with van der Waals surface area (Å²) in [5.41, 5.74) is 8.53. The summed E-state index contributed by atoms with van der Waals surface area (Å²) in [6.45, 7) is 3.21. The second-order valence-electron chi connectivity index (χ2n) is 4.45. The minimum atomic E-state index is -2.50. The van der Waals surface area contributed by atoms with Gasteiger partial charge in [0.05, 0.1) is 17.2 Å². The smallest absolute Gasteiger partial charge is 0.250 e. The van der Waals surface area contributed by atoms with E-state index in [0.717, 1.165) is 10.6 Å². The fourth-order valence-corrected chi connectivity index (χ4v) is 3.17. The fraction of sp³-hybridized carbons (Fsp3) is 0.727. The Kier molecular flexibility index (Phi) is 3.75. The third-order valence-corrected chi connectivity index (χ3v) is 4.31. The quantitative estimate of drug-likeness (QED) is 0.907. The minimum absolute atomic E-state index is 0.0404. The summed E-state index contributed by atoms with van der Waals surface area (Å²) >= 11 is 1.56. The zero-order chi connectivity index (χ0) is 12.5. The van der Waals surface area contributed by atoms with Crippen LogP contribution in [0.1, 0.15) is 29.5 Å². The van der Waals surface area contributed by atoms with Crippen LogP contribution in [-0.2, 0) is 0 Å². The van der Waals surface area contributed by atoms with E-state index >= 15 is 0 Å². The molecule has 0 bridgehead atoms. The number of thiazole rings is 1. The van der Waals surface area contributed by atoms with Crippen molar-refractivity contribution in [1.29, 1.82) is 0 Å². The van der Waals surface area contributed by atoms with Gasteiger partial charge in [0.25, 0.3) is 5.92 Å². The van der Waals surface area contributed by atoms with Gasteiger partial charge in [-0.3, -0.25) is 4.90 Å². The number of rotatable bonds is 3. The lowest BCUT2D eigenvalue weighted by Gasteiger charge is -2.36. The van der Waals surface area contributed by atoms with Gasteiger partial charge in [-0.25, -0.2) is 13.8 Å². The highest BCUT2D eigenvalue weighted by Crippen LogP contribution is 2.33. The molecule has 3 nitrogen and oxygen atoms in total. The number of likely N-dealkylation sites (tertiary alicyclic amines) is 1. The molecular weight excluding hydrogens is 244 g/mol. The molecule has 0 radical (unpaired) electrons. The molecule has 17 heavy (non-hydrogen) atoms. The lowest BCUT2D eigenvalue weighted by atomic mass is 10.0. The van der Waals surface area contributed by atoms with Crippen LogP contribution < -0.4 is 5.73 Å². The van der Waals surface area contributed by atoms with Gasteiger partial charge in [-0.2, -0.15) is 0 Å². The SMILES string of the molecule is Cc1ncsc1C(CN)N1CCC(F)(F)CC1. The molecule has 1 aliphatic heterocycles. The number of nitrogens with zero attached hydrogens (tertiary/aromatic N) is 2. The van der Waals surface area contributed by atoms with Crippen molar-refractivity contribution in [2.75, 3.05) is 19.6 Å². The monoisotopic (exact) mass is 261 g/mol. The van der Waals surface area contributed by atoms with E-state index in [4.69, 9.17) is 5.73 Å². The molecule has 1 atom stereocenters. The average molecular weight is 261 g/mol. The molecule has 1 aromatic rings. The Balaban J connectivity index is 2.08. The van der Waals surface area contributed by atoms with Crippen molar-refractivity contribution in [3.05, 3.63) is 16.1 Å². The molecule has 1 fully saturated rings. The van der Waals surface area contributed by atoms with E-state index in [1.165, 1.54) is 0 Å². The van der Waals surface area contributed by atoms with Crippen LogP contribution in [0.25, 0.3) is 0 Å². The molecule has 0 spiro atoms. The minimum Gasteiger partial charge on any atom is -0.329 e. The highest BCUT2D eigenvalue weighted by molar-refractivity contribution is 7.09. The number of piperidine rings is 1. The highest BCUT2D eigenvalue weighted by atomic mass is 32.1. The standard InChI is InChI=1S/C11H17F2N3S/c1-8-10(17-7-15-8)9(6-14)16-4-2-11(12,13)3-5-16/h7,9H,2-6,14H2,1H3. The van der Waals surface area contributed by atoms with Crippen LogP contribution in [0.3, 0.4) is 0 Å². The van der Waals surface area contributed by atoms with Crippen molar-refractivity contribution in [3.63, 3.8) is 0 Å². The first-order valence-corrected chi connectivity index (χ1v) is 6.63. The third-order valence-electron chi connectivity index (χ3n) is 3.28. The van der Waals surface area contributed by atoms with Gasteiger partial charge >= 0.3 is 0 Å². The van der Waals surface area contributed by atoms with Crippen molar-refractivity contribution >= 4 is 11.3 Å². The number of nitrogens with two attached hydrogens (primary N) is 1. The van der Waals surface area contributed by atoms with Gasteiger partial charge in [0.15, 0.2) is 0 Å². The van der Waals surface area contributed by atoms with Crippen molar-refractivity contribution in [2.24, 2.45) is 5.73 Å². The van der Waals surface area contributed by atoms with E-state index in [2.05, 4.69) is 9.88 Å². The van der Waals surface area contributed by atoms with E-state index in [1.54, 1.807) is 16.8 Å². The number of hydrogen-bond acceptors (Lipinski definition) is 4. The first-order valence-electron chi connectivity index (χ1n) is 5.75. The van der Waals surface area contributed by atoms with Crippen molar-refractivity contribution in [2.45, 2.75) is 31.7 Å². The molecule has 1 aliphatic rings. The van der Waals surface area contributed by atoms with Gasteiger partial charge in [-0.1, -0.05) is 0 Å². The second kappa shape index (κ2) is 4.96. The van der Waals surface area contributed by atoms with Crippen LogP contribution in [0.2, 0.25) is 0 Å². The summed E-state index contributed by atoms with van der Waals surface area (Å²) in [6.07, 6.45) is -0.136. The summed E-state index contributed by atoms with van der Waals surface area (Å²) in [4.78, 5) is 7.36. The van der Waals surface area contributed by atoms with Gasteiger partial charge in [0, 0.05) is 37.4 Å².